The summed E-state index contributed by atoms with van der Waals surface area (Å²) in [5.74, 6) is -0.571. The molecule has 0 saturated heterocycles. The van der Waals surface area contributed by atoms with Crippen molar-refractivity contribution < 1.29 is 9.18 Å². The monoisotopic (exact) mass is 263 g/mol. The Morgan fingerprint density at radius 3 is 3.06 bits per heavy atom. The van der Waals surface area contributed by atoms with Crippen LogP contribution in [0.4, 0.5) is 15.2 Å². The van der Waals surface area contributed by atoms with Crippen LogP contribution < -0.4 is 10.6 Å². The van der Waals surface area contributed by atoms with E-state index in [9.17, 15) is 9.18 Å². The summed E-state index contributed by atoms with van der Waals surface area (Å²) in [4.78, 5) is 17.7. The van der Waals surface area contributed by atoms with Gasteiger partial charge < -0.3 is 10.6 Å². The molecule has 0 bridgehead atoms. The number of halogens is 1. The number of thiazole rings is 1. The largest absolute Gasteiger partial charge is 0.375 e. The Morgan fingerprint density at radius 1 is 1.50 bits per heavy atom. The van der Waals surface area contributed by atoms with E-state index >= 15 is 0 Å². The molecule has 2 aromatic rings. The number of hydrogen-bond donors (Lipinski definition) is 1. The topological polar surface area (TPSA) is 59.2 Å². The van der Waals surface area contributed by atoms with Gasteiger partial charge in [0.1, 0.15) is 11.5 Å². The average molecular weight is 263 g/mol. The molecule has 0 atom stereocenters. The number of nitrogen functional groups attached to an aromatic ring is 1. The minimum absolute atomic E-state index is 0.229. The van der Waals surface area contributed by atoms with Crippen LogP contribution in [0.3, 0.4) is 0 Å². The van der Waals surface area contributed by atoms with Gasteiger partial charge in [-0.15, -0.1) is 11.3 Å². The van der Waals surface area contributed by atoms with E-state index in [4.69, 9.17) is 5.73 Å². The smallest absolute Gasteiger partial charge is 0.277 e. The summed E-state index contributed by atoms with van der Waals surface area (Å²) in [5, 5.41) is 1.98. The van der Waals surface area contributed by atoms with Gasteiger partial charge in [-0.05, 0) is 24.1 Å². The molecular weight excluding hydrogens is 253 g/mol. The summed E-state index contributed by atoms with van der Waals surface area (Å²) in [7, 11) is 0. The van der Waals surface area contributed by atoms with Crippen molar-refractivity contribution in [3.05, 3.63) is 40.7 Å². The van der Waals surface area contributed by atoms with Crippen LogP contribution in [0.1, 0.15) is 16.1 Å². The first-order chi connectivity index (χ1) is 8.65. The Balaban J connectivity index is 1.96. The zero-order chi connectivity index (χ0) is 12.7. The van der Waals surface area contributed by atoms with Crippen molar-refractivity contribution >= 4 is 28.1 Å². The Hall–Kier alpha value is -1.95. The summed E-state index contributed by atoms with van der Waals surface area (Å²) in [6, 6.07) is 4.51. The van der Waals surface area contributed by atoms with Crippen LogP contribution in [0.5, 0.6) is 0 Å². The number of aromatic nitrogens is 1. The van der Waals surface area contributed by atoms with E-state index < -0.39 is 0 Å². The van der Waals surface area contributed by atoms with Crippen molar-refractivity contribution in [2.24, 2.45) is 0 Å². The first kappa shape index (κ1) is 11.2. The molecule has 1 aromatic heterocycles. The SMILES string of the molecule is Nc1nc(C(=O)N2CCc3ccc(F)cc32)cs1. The molecular formula is C12H10FN3OS. The maximum absolute atomic E-state index is 13.2. The van der Waals surface area contributed by atoms with Crippen molar-refractivity contribution in [3.63, 3.8) is 0 Å². The summed E-state index contributed by atoms with van der Waals surface area (Å²) in [6.45, 7) is 0.551. The predicted molar refractivity (Wildman–Crippen MR) is 68.3 cm³/mol. The lowest BCUT2D eigenvalue weighted by Crippen LogP contribution is -2.29. The van der Waals surface area contributed by atoms with Crippen LogP contribution in [-0.2, 0) is 6.42 Å². The van der Waals surface area contributed by atoms with Gasteiger partial charge in [0.15, 0.2) is 5.13 Å². The molecule has 0 fully saturated rings. The standard InChI is InChI=1S/C12H10FN3OS/c13-8-2-1-7-3-4-16(10(7)5-8)11(17)9-6-18-12(14)15-9/h1-2,5-6H,3-4H2,(H2,14,15). The number of carbonyl (C=O) groups excluding carboxylic acids is 1. The van der Waals surface area contributed by atoms with Gasteiger partial charge in [-0.1, -0.05) is 6.07 Å². The molecule has 0 unspecified atom stereocenters. The summed E-state index contributed by atoms with van der Waals surface area (Å²) in [6.07, 6.45) is 0.737. The second-order valence-electron chi connectivity index (χ2n) is 4.05. The minimum Gasteiger partial charge on any atom is -0.375 e. The average Bonchev–Trinajstić information content (AvgIpc) is 2.94. The highest BCUT2D eigenvalue weighted by atomic mass is 32.1. The number of fused-ring (bicyclic) bond motifs is 1. The highest BCUT2D eigenvalue weighted by molar-refractivity contribution is 7.13. The number of carbonyl (C=O) groups is 1. The fourth-order valence-electron chi connectivity index (χ4n) is 2.09. The van der Waals surface area contributed by atoms with Gasteiger partial charge in [0.05, 0.1) is 5.69 Å². The molecule has 1 aliphatic rings. The van der Waals surface area contributed by atoms with Crippen LogP contribution in [0.2, 0.25) is 0 Å². The maximum atomic E-state index is 13.2. The molecule has 6 heteroatoms. The lowest BCUT2D eigenvalue weighted by atomic mass is 10.2. The first-order valence-electron chi connectivity index (χ1n) is 5.46. The van der Waals surface area contributed by atoms with E-state index in [-0.39, 0.29) is 11.7 Å². The second kappa shape index (κ2) is 4.06. The number of benzene rings is 1. The van der Waals surface area contributed by atoms with E-state index in [2.05, 4.69) is 4.98 Å². The van der Waals surface area contributed by atoms with Crippen molar-refractivity contribution in [1.29, 1.82) is 0 Å². The van der Waals surface area contributed by atoms with Crippen molar-refractivity contribution in [3.8, 4) is 0 Å². The second-order valence-corrected chi connectivity index (χ2v) is 4.94. The molecule has 18 heavy (non-hydrogen) atoms. The van der Waals surface area contributed by atoms with Gasteiger partial charge in [-0.25, -0.2) is 9.37 Å². The predicted octanol–water partition coefficient (Wildman–Crippen LogP) is 2.07. The lowest BCUT2D eigenvalue weighted by molar-refractivity contribution is 0.0985. The fraction of sp³-hybridized carbons (Fsp3) is 0.167. The maximum Gasteiger partial charge on any atom is 0.277 e. The molecule has 0 radical (unpaired) electrons. The number of amides is 1. The quantitative estimate of drug-likeness (QED) is 0.856. The Morgan fingerprint density at radius 2 is 2.33 bits per heavy atom. The van der Waals surface area contributed by atoms with Crippen molar-refractivity contribution in [1.82, 2.24) is 4.98 Å². The first-order valence-corrected chi connectivity index (χ1v) is 6.34. The Bertz CT molecular complexity index is 626. The highest BCUT2D eigenvalue weighted by Gasteiger charge is 2.27. The van der Waals surface area contributed by atoms with Crippen LogP contribution >= 0.6 is 11.3 Å². The summed E-state index contributed by atoms with van der Waals surface area (Å²) >= 11 is 1.22. The van der Waals surface area contributed by atoms with E-state index in [0.29, 0.717) is 23.1 Å². The highest BCUT2D eigenvalue weighted by Crippen LogP contribution is 2.30. The van der Waals surface area contributed by atoms with Crippen molar-refractivity contribution in [2.75, 3.05) is 17.2 Å². The normalized spacial score (nSPS) is 13.7. The molecule has 2 heterocycles. The summed E-state index contributed by atoms with van der Waals surface area (Å²) in [5.41, 5.74) is 7.44. The van der Waals surface area contributed by atoms with E-state index in [0.717, 1.165) is 12.0 Å². The van der Waals surface area contributed by atoms with Gasteiger partial charge in [-0.3, -0.25) is 4.79 Å². The molecule has 1 amide bonds. The third kappa shape index (κ3) is 1.74. The van der Waals surface area contributed by atoms with Crippen LogP contribution in [0, 0.1) is 5.82 Å². The van der Waals surface area contributed by atoms with Crippen LogP contribution in [-0.4, -0.2) is 17.4 Å². The van der Waals surface area contributed by atoms with Gasteiger partial charge in [0, 0.05) is 11.9 Å². The zero-order valence-corrected chi connectivity index (χ0v) is 10.2. The summed E-state index contributed by atoms with van der Waals surface area (Å²) < 4.78 is 13.2. The third-order valence-corrected chi connectivity index (χ3v) is 3.60. The fourth-order valence-corrected chi connectivity index (χ4v) is 2.62. The number of nitrogens with zero attached hydrogens (tertiary/aromatic N) is 2. The zero-order valence-electron chi connectivity index (χ0n) is 9.39. The molecule has 92 valence electrons. The van der Waals surface area contributed by atoms with Gasteiger partial charge in [0.2, 0.25) is 0 Å². The Labute approximate surface area is 107 Å². The number of hydrogen-bond acceptors (Lipinski definition) is 4. The minimum atomic E-state index is -0.341. The molecule has 0 aliphatic carbocycles. The molecule has 0 saturated carbocycles. The lowest BCUT2D eigenvalue weighted by Gasteiger charge is -2.15. The molecule has 1 aliphatic heterocycles. The van der Waals surface area contributed by atoms with E-state index in [1.807, 2.05) is 0 Å². The van der Waals surface area contributed by atoms with Crippen LogP contribution in [0.15, 0.2) is 23.6 Å². The molecule has 2 N–H and O–H groups in total. The van der Waals surface area contributed by atoms with Crippen LogP contribution in [0.25, 0.3) is 0 Å². The van der Waals surface area contributed by atoms with Gasteiger partial charge in [0.25, 0.3) is 5.91 Å². The molecule has 4 nitrogen and oxygen atoms in total. The number of anilines is 2. The van der Waals surface area contributed by atoms with Gasteiger partial charge >= 0.3 is 0 Å². The van der Waals surface area contributed by atoms with Crippen molar-refractivity contribution in [2.45, 2.75) is 6.42 Å². The molecule has 1 aromatic carbocycles. The number of nitrogens with two attached hydrogens (primary N) is 1. The number of rotatable bonds is 1. The Kier molecular flexibility index (Phi) is 2.52. The molecule has 0 spiro atoms. The van der Waals surface area contributed by atoms with E-state index in [1.165, 1.54) is 23.5 Å². The van der Waals surface area contributed by atoms with Gasteiger partial charge in [-0.2, -0.15) is 0 Å². The van der Waals surface area contributed by atoms with E-state index in [1.54, 1.807) is 16.3 Å². The molecule has 3 rings (SSSR count). The third-order valence-electron chi connectivity index (χ3n) is 2.93.